The summed E-state index contributed by atoms with van der Waals surface area (Å²) in [6.45, 7) is 3.57. The van der Waals surface area contributed by atoms with Gasteiger partial charge in [0.25, 0.3) is 0 Å². The first-order valence-electron chi connectivity index (χ1n) is 17.9. The molecule has 47 heavy (non-hydrogen) atoms. The molecule has 2 fully saturated rings. The first kappa shape index (κ1) is 43.1. The van der Waals surface area contributed by atoms with Crippen LogP contribution in [0.15, 0.2) is 0 Å². The van der Waals surface area contributed by atoms with Crippen molar-refractivity contribution in [2.75, 3.05) is 39.3 Å². The molecule has 0 aromatic heterocycles. The van der Waals surface area contributed by atoms with Crippen molar-refractivity contribution in [2.24, 2.45) is 0 Å². The van der Waals surface area contributed by atoms with Gasteiger partial charge in [-0.15, -0.1) is 0 Å². The summed E-state index contributed by atoms with van der Waals surface area (Å²) in [4.78, 5) is 48.9. The minimum atomic E-state index is -3.23. The molecule has 0 aromatic carbocycles. The van der Waals surface area contributed by atoms with Gasteiger partial charge in [-0.1, -0.05) is 83.5 Å². The van der Waals surface area contributed by atoms with Crippen LogP contribution >= 0.6 is 13.4 Å². The van der Waals surface area contributed by atoms with Gasteiger partial charge in [0.15, 0.2) is 0 Å². The van der Waals surface area contributed by atoms with Crippen molar-refractivity contribution in [1.29, 1.82) is 0 Å². The van der Waals surface area contributed by atoms with Crippen LogP contribution in [0.1, 0.15) is 130 Å². The molecule has 2 heterocycles. The summed E-state index contributed by atoms with van der Waals surface area (Å²) in [7, 11) is 0. The zero-order valence-corrected chi connectivity index (χ0v) is 32.7. The number of amides is 2. The van der Waals surface area contributed by atoms with Gasteiger partial charge in [0.2, 0.25) is 11.8 Å². The third kappa shape index (κ3) is 20.4. The minimum Gasteiger partial charge on any atom is -0.337 e. The molecule has 15 heteroatoms. The number of carbonyl (C=O) groups is 2. The summed E-state index contributed by atoms with van der Waals surface area (Å²) >= 11 is 10.0. The number of hydrogen-bond acceptors (Lipinski definition) is 9. The fourth-order valence-electron chi connectivity index (χ4n) is 6.18. The van der Waals surface area contributed by atoms with Crippen LogP contribution in [-0.2, 0) is 51.3 Å². The topological polar surface area (TPSA) is 130 Å². The first-order chi connectivity index (χ1) is 22.3. The van der Waals surface area contributed by atoms with Crippen LogP contribution in [0, 0.1) is 0 Å². The number of carbonyl (C=O) groups excluding carboxylic acids is 2. The second-order valence-electron chi connectivity index (χ2n) is 13.4. The number of nitrogens with zero attached hydrogens (tertiary/aromatic N) is 2. The Hall–Kier alpha value is -0.0400. The van der Waals surface area contributed by atoms with E-state index in [1.54, 1.807) is 23.6 Å². The Balaban J connectivity index is 1.35. The zero-order chi connectivity index (χ0) is 34.7. The largest absolute Gasteiger partial charge is 0.337 e. The standard InChI is InChI=1S/C32H63N3O8P2S2/c1-27-23-34(24-28(2)41-44(38,46)40-27)31(36)20-18-16-14-12-10-8-6-5-7-9-11-13-15-17-19-21-33-22-32(37)35-25-29(3)42-45(39,47)43-30(4)26-35/h27-30,33H,5-26H2,1-4H3,(H,38,46)(H,39,47). The first-order valence-corrected chi connectivity index (χ1v) is 23.1. The molecule has 0 saturated carbocycles. The second kappa shape index (κ2) is 23.4. The fraction of sp³-hybridized carbons (Fsp3) is 0.938. The van der Waals surface area contributed by atoms with Crippen molar-refractivity contribution in [2.45, 2.75) is 155 Å². The molecule has 2 amide bonds. The molecule has 276 valence electrons. The Morgan fingerprint density at radius 2 is 0.872 bits per heavy atom. The molecule has 2 aliphatic rings. The van der Waals surface area contributed by atoms with E-state index < -0.39 is 13.4 Å². The summed E-state index contributed by atoms with van der Waals surface area (Å²) in [6.07, 6.45) is 17.4. The Kier molecular flexibility index (Phi) is 21.5. The van der Waals surface area contributed by atoms with Gasteiger partial charge in [-0.2, -0.15) is 0 Å². The maximum atomic E-state index is 12.7. The second-order valence-corrected chi connectivity index (χ2v) is 18.9. The monoisotopic (exact) mass is 743 g/mol. The third-order valence-electron chi connectivity index (χ3n) is 8.39. The van der Waals surface area contributed by atoms with Gasteiger partial charge >= 0.3 is 13.4 Å². The van der Waals surface area contributed by atoms with E-state index in [1.807, 2.05) is 13.8 Å². The Bertz CT molecular complexity index is 901. The van der Waals surface area contributed by atoms with E-state index in [2.05, 4.69) is 5.32 Å². The average molecular weight is 744 g/mol. The molecule has 2 aliphatic heterocycles. The minimum absolute atomic E-state index is 0.0140. The highest BCUT2D eigenvalue weighted by Crippen LogP contribution is 2.48. The van der Waals surface area contributed by atoms with Gasteiger partial charge in [0, 0.05) is 32.6 Å². The highest BCUT2D eigenvalue weighted by atomic mass is 32.5. The van der Waals surface area contributed by atoms with Crippen molar-refractivity contribution < 1.29 is 37.5 Å². The molecule has 0 radical (unpaired) electrons. The summed E-state index contributed by atoms with van der Waals surface area (Å²) in [5.41, 5.74) is 0. The van der Waals surface area contributed by atoms with Gasteiger partial charge in [-0.3, -0.25) is 9.59 Å². The van der Waals surface area contributed by atoms with E-state index in [0.29, 0.717) is 39.1 Å². The Morgan fingerprint density at radius 1 is 0.574 bits per heavy atom. The quantitative estimate of drug-likeness (QED) is 0.0927. The van der Waals surface area contributed by atoms with E-state index in [4.69, 9.17) is 41.7 Å². The predicted octanol–water partition coefficient (Wildman–Crippen LogP) is 6.56. The van der Waals surface area contributed by atoms with Crippen LogP contribution < -0.4 is 5.32 Å². The van der Waals surface area contributed by atoms with Gasteiger partial charge in [0.05, 0.1) is 31.0 Å². The van der Waals surface area contributed by atoms with Crippen molar-refractivity contribution in [3.63, 3.8) is 0 Å². The van der Waals surface area contributed by atoms with Crippen molar-refractivity contribution in [3.8, 4) is 0 Å². The average Bonchev–Trinajstić information content (AvgIpc) is 2.94. The molecule has 4 unspecified atom stereocenters. The number of hydrogen-bond donors (Lipinski definition) is 3. The number of rotatable bonds is 20. The highest BCUT2D eigenvalue weighted by Gasteiger charge is 2.31. The summed E-state index contributed by atoms with van der Waals surface area (Å²) < 4.78 is 21.8. The lowest BCUT2D eigenvalue weighted by atomic mass is 10.0. The summed E-state index contributed by atoms with van der Waals surface area (Å²) in [5.74, 6) is 0.136. The van der Waals surface area contributed by atoms with Gasteiger partial charge in [0.1, 0.15) is 0 Å². The van der Waals surface area contributed by atoms with Crippen LogP contribution in [0.4, 0.5) is 0 Å². The highest BCUT2D eigenvalue weighted by molar-refractivity contribution is 8.07. The van der Waals surface area contributed by atoms with Crippen LogP contribution in [0.25, 0.3) is 0 Å². The van der Waals surface area contributed by atoms with E-state index in [9.17, 15) is 19.4 Å². The smallest absolute Gasteiger partial charge is 0.325 e. The van der Waals surface area contributed by atoms with Crippen molar-refractivity contribution in [1.82, 2.24) is 15.1 Å². The summed E-state index contributed by atoms with van der Waals surface area (Å²) in [5, 5.41) is 3.27. The Morgan fingerprint density at radius 3 is 1.23 bits per heavy atom. The van der Waals surface area contributed by atoms with Crippen LogP contribution in [0.3, 0.4) is 0 Å². The van der Waals surface area contributed by atoms with Gasteiger partial charge < -0.3 is 43.0 Å². The van der Waals surface area contributed by atoms with E-state index >= 15 is 0 Å². The van der Waals surface area contributed by atoms with Crippen molar-refractivity contribution in [3.05, 3.63) is 0 Å². The molecular formula is C32H63N3O8P2S2. The third-order valence-corrected chi connectivity index (χ3v) is 11.9. The van der Waals surface area contributed by atoms with E-state index in [1.165, 1.54) is 77.0 Å². The van der Waals surface area contributed by atoms with Crippen LogP contribution in [0.2, 0.25) is 0 Å². The molecule has 2 saturated heterocycles. The molecule has 0 bridgehead atoms. The lowest BCUT2D eigenvalue weighted by Crippen LogP contribution is -2.46. The maximum Gasteiger partial charge on any atom is 0.325 e. The molecule has 4 atom stereocenters. The molecule has 11 nitrogen and oxygen atoms in total. The zero-order valence-electron chi connectivity index (χ0n) is 29.3. The molecule has 0 aliphatic carbocycles. The van der Waals surface area contributed by atoms with E-state index in [-0.39, 0.29) is 36.2 Å². The molecule has 0 aromatic rings. The van der Waals surface area contributed by atoms with Crippen LogP contribution in [0.5, 0.6) is 0 Å². The SMILES string of the molecule is CC1CN(C(=O)CCCCCCCCCCCCCCCCCNCC(=O)N2CC(C)OP(O)(=S)OC(C)C2)CC(C)OP(O)(=S)O1. The van der Waals surface area contributed by atoms with Gasteiger partial charge in [-0.25, -0.2) is 0 Å². The number of unbranched alkanes of at least 4 members (excludes halogenated alkanes) is 14. The predicted molar refractivity (Wildman–Crippen MR) is 195 cm³/mol. The van der Waals surface area contributed by atoms with E-state index in [0.717, 1.165) is 25.8 Å². The maximum absolute atomic E-state index is 12.7. The van der Waals surface area contributed by atoms with Crippen LogP contribution in [-0.4, -0.2) is 95.1 Å². The molecule has 0 spiro atoms. The molecule has 3 N–H and O–H groups in total. The van der Waals surface area contributed by atoms with Crippen molar-refractivity contribution >= 4 is 48.9 Å². The summed E-state index contributed by atoms with van der Waals surface area (Å²) in [6, 6.07) is 0. The normalized spacial score (nSPS) is 29.1. The van der Waals surface area contributed by atoms with Gasteiger partial charge in [-0.05, 0) is 70.7 Å². The molecule has 2 rings (SSSR count). The lowest BCUT2D eigenvalue weighted by Gasteiger charge is -2.34. The fourth-order valence-corrected chi connectivity index (χ4v) is 10.1. The lowest BCUT2D eigenvalue weighted by molar-refractivity contribution is -0.134. The molecular weight excluding hydrogens is 680 g/mol. The Labute approximate surface area is 294 Å². The number of nitrogens with one attached hydrogen (secondary N) is 1.